The van der Waals surface area contributed by atoms with Gasteiger partial charge >= 0.3 is 0 Å². The molecule has 2 amide bonds. The van der Waals surface area contributed by atoms with Gasteiger partial charge < -0.3 is 4.90 Å². The highest BCUT2D eigenvalue weighted by molar-refractivity contribution is 5.80. The zero-order valence-electron chi connectivity index (χ0n) is 15.1. The van der Waals surface area contributed by atoms with E-state index in [4.69, 9.17) is 0 Å². The molecule has 2 N–H and O–H groups in total. The monoisotopic (exact) mass is 351 g/mol. The van der Waals surface area contributed by atoms with E-state index in [1.54, 1.807) is 0 Å². The fourth-order valence-electron chi connectivity index (χ4n) is 3.24. The van der Waals surface area contributed by atoms with Crippen LogP contribution in [0.1, 0.15) is 30.9 Å². The molecule has 5 heteroatoms. The maximum absolute atomic E-state index is 12.6. The van der Waals surface area contributed by atoms with Gasteiger partial charge in [0.2, 0.25) is 11.8 Å². The van der Waals surface area contributed by atoms with E-state index in [2.05, 4.69) is 23.0 Å². The van der Waals surface area contributed by atoms with Gasteiger partial charge in [0.05, 0.1) is 5.69 Å². The van der Waals surface area contributed by atoms with Crippen LogP contribution in [0.3, 0.4) is 0 Å². The Morgan fingerprint density at radius 2 is 1.69 bits per heavy atom. The minimum atomic E-state index is -0.113. The molecule has 1 aliphatic rings. The molecular weight excluding hydrogens is 326 g/mol. The lowest BCUT2D eigenvalue weighted by Crippen LogP contribution is -2.37. The van der Waals surface area contributed by atoms with E-state index in [1.807, 2.05) is 54.3 Å². The molecule has 1 atom stereocenters. The maximum atomic E-state index is 12.6. The first-order chi connectivity index (χ1) is 12.6. The Balaban J connectivity index is 1.43. The number of rotatable bonds is 6. The van der Waals surface area contributed by atoms with E-state index in [0.717, 1.165) is 18.7 Å². The summed E-state index contributed by atoms with van der Waals surface area (Å²) >= 11 is 0. The van der Waals surface area contributed by atoms with E-state index in [0.29, 0.717) is 19.4 Å². The first-order valence-electron chi connectivity index (χ1n) is 9.06. The Morgan fingerprint density at radius 1 is 1.00 bits per heavy atom. The molecule has 0 bridgehead atoms. The van der Waals surface area contributed by atoms with Gasteiger partial charge in [0.15, 0.2) is 0 Å². The maximum Gasteiger partial charge on any atom is 0.238 e. The highest BCUT2D eigenvalue weighted by atomic mass is 16.2. The Labute approximate surface area is 154 Å². The van der Waals surface area contributed by atoms with E-state index >= 15 is 0 Å². The van der Waals surface area contributed by atoms with Crippen molar-refractivity contribution >= 4 is 17.5 Å². The lowest BCUT2D eigenvalue weighted by Gasteiger charge is -2.29. The standard InChI is InChI=1S/C21H25N3O2/c1-16(13-20(25)23-22-19-9-3-2-4-10-19)14-21(26)24-12-11-17-7-5-6-8-18(17)15-24/h2-10,16,22H,11-15H2,1H3,(H,23,25)/t16-/m0/s1. The topological polar surface area (TPSA) is 61.4 Å². The molecule has 2 aromatic rings. The molecule has 0 radical (unpaired) electrons. The summed E-state index contributed by atoms with van der Waals surface area (Å²) in [7, 11) is 0. The van der Waals surface area contributed by atoms with Gasteiger partial charge in [-0.15, -0.1) is 0 Å². The van der Waals surface area contributed by atoms with Crippen molar-refractivity contribution in [3.05, 3.63) is 65.7 Å². The summed E-state index contributed by atoms with van der Waals surface area (Å²) in [5.74, 6) is 0.00575. The Bertz CT molecular complexity index is 761. The number of anilines is 1. The van der Waals surface area contributed by atoms with Crippen molar-refractivity contribution in [2.75, 3.05) is 12.0 Å². The van der Waals surface area contributed by atoms with Crippen molar-refractivity contribution in [2.45, 2.75) is 32.7 Å². The van der Waals surface area contributed by atoms with E-state index < -0.39 is 0 Å². The Hall–Kier alpha value is -2.82. The fraction of sp³-hybridized carbons (Fsp3) is 0.333. The zero-order chi connectivity index (χ0) is 18.4. The molecule has 5 nitrogen and oxygen atoms in total. The van der Waals surface area contributed by atoms with Crippen LogP contribution in [0.15, 0.2) is 54.6 Å². The minimum absolute atomic E-state index is 0.00255. The SMILES string of the molecule is C[C@@H](CC(=O)NNc1ccccc1)CC(=O)N1CCc2ccccc2C1. The minimum Gasteiger partial charge on any atom is -0.338 e. The van der Waals surface area contributed by atoms with Crippen molar-refractivity contribution in [2.24, 2.45) is 5.92 Å². The summed E-state index contributed by atoms with van der Waals surface area (Å²) in [5, 5.41) is 0. The molecular formula is C21H25N3O2. The van der Waals surface area contributed by atoms with Crippen LogP contribution < -0.4 is 10.9 Å². The molecule has 0 fully saturated rings. The number of hydrazine groups is 1. The highest BCUT2D eigenvalue weighted by Crippen LogP contribution is 2.20. The zero-order valence-corrected chi connectivity index (χ0v) is 15.1. The van der Waals surface area contributed by atoms with Crippen LogP contribution in [-0.2, 0) is 22.6 Å². The summed E-state index contributed by atoms with van der Waals surface area (Å²) in [4.78, 5) is 26.5. The van der Waals surface area contributed by atoms with Crippen LogP contribution in [-0.4, -0.2) is 23.3 Å². The van der Waals surface area contributed by atoms with Crippen LogP contribution in [0.25, 0.3) is 0 Å². The smallest absolute Gasteiger partial charge is 0.238 e. The van der Waals surface area contributed by atoms with Gasteiger partial charge in [0, 0.05) is 25.9 Å². The van der Waals surface area contributed by atoms with Gasteiger partial charge in [0.25, 0.3) is 0 Å². The number of fused-ring (bicyclic) bond motifs is 1. The number of amides is 2. The molecule has 26 heavy (non-hydrogen) atoms. The normalized spacial score (nSPS) is 14.3. The van der Waals surface area contributed by atoms with Crippen LogP contribution in [0.2, 0.25) is 0 Å². The van der Waals surface area contributed by atoms with Crippen molar-refractivity contribution < 1.29 is 9.59 Å². The molecule has 136 valence electrons. The second kappa shape index (κ2) is 8.52. The molecule has 0 unspecified atom stereocenters. The van der Waals surface area contributed by atoms with Gasteiger partial charge in [-0.2, -0.15) is 0 Å². The summed E-state index contributed by atoms with van der Waals surface area (Å²) in [6.07, 6.45) is 1.61. The largest absolute Gasteiger partial charge is 0.338 e. The number of nitrogens with zero attached hydrogens (tertiary/aromatic N) is 1. The number of carbonyl (C=O) groups is 2. The van der Waals surface area contributed by atoms with Crippen molar-refractivity contribution in [1.82, 2.24) is 10.3 Å². The number of benzene rings is 2. The summed E-state index contributed by atoms with van der Waals surface area (Å²) in [5.41, 5.74) is 8.95. The Kier molecular flexibility index (Phi) is 5.89. The van der Waals surface area contributed by atoms with Crippen LogP contribution in [0.5, 0.6) is 0 Å². The van der Waals surface area contributed by atoms with Gasteiger partial charge in [-0.25, -0.2) is 0 Å². The van der Waals surface area contributed by atoms with E-state index in [1.165, 1.54) is 11.1 Å². The highest BCUT2D eigenvalue weighted by Gasteiger charge is 2.22. The third-order valence-corrected chi connectivity index (χ3v) is 4.66. The van der Waals surface area contributed by atoms with Gasteiger partial charge in [0.1, 0.15) is 0 Å². The average molecular weight is 351 g/mol. The molecule has 0 saturated heterocycles. The third-order valence-electron chi connectivity index (χ3n) is 4.66. The molecule has 0 aliphatic carbocycles. The number of hydrogen-bond acceptors (Lipinski definition) is 3. The Morgan fingerprint density at radius 3 is 2.46 bits per heavy atom. The second-order valence-electron chi connectivity index (χ2n) is 6.89. The lowest BCUT2D eigenvalue weighted by atomic mass is 9.98. The molecule has 0 spiro atoms. The predicted octanol–water partition coefficient (Wildman–Crippen LogP) is 3.13. The molecule has 2 aromatic carbocycles. The van der Waals surface area contributed by atoms with E-state index in [-0.39, 0.29) is 17.7 Å². The molecule has 0 aromatic heterocycles. The third kappa shape index (κ3) is 4.85. The molecule has 3 rings (SSSR count). The van der Waals surface area contributed by atoms with E-state index in [9.17, 15) is 9.59 Å². The van der Waals surface area contributed by atoms with Gasteiger partial charge in [-0.05, 0) is 35.6 Å². The average Bonchev–Trinajstić information content (AvgIpc) is 2.66. The van der Waals surface area contributed by atoms with Gasteiger partial charge in [-0.1, -0.05) is 49.4 Å². The number of para-hydroxylation sites is 1. The predicted molar refractivity (Wildman–Crippen MR) is 102 cm³/mol. The summed E-state index contributed by atoms with van der Waals surface area (Å²) in [6.45, 7) is 3.37. The van der Waals surface area contributed by atoms with Crippen molar-refractivity contribution in [3.63, 3.8) is 0 Å². The fourth-order valence-corrected chi connectivity index (χ4v) is 3.24. The van der Waals surface area contributed by atoms with Crippen molar-refractivity contribution in [3.8, 4) is 0 Å². The first-order valence-corrected chi connectivity index (χ1v) is 9.06. The van der Waals surface area contributed by atoms with Crippen LogP contribution >= 0.6 is 0 Å². The van der Waals surface area contributed by atoms with Crippen molar-refractivity contribution in [1.29, 1.82) is 0 Å². The molecule has 0 saturated carbocycles. The second-order valence-corrected chi connectivity index (χ2v) is 6.89. The lowest BCUT2D eigenvalue weighted by molar-refractivity contribution is -0.133. The summed E-state index contributed by atoms with van der Waals surface area (Å²) < 4.78 is 0. The summed E-state index contributed by atoms with van der Waals surface area (Å²) in [6, 6.07) is 17.7. The molecule has 1 aliphatic heterocycles. The number of hydrogen-bond donors (Lipinski definition) is 2. The van der Waals surface area contributed by atoms with Crippen LogP contribution in [0, 0.1) is 5.92 Å². The number of carbonyl (C=O) groups excluding carboxylic acids is 2. The van der Waals surface area contributed by atoms with Crippen LogP contribution in [0.4, 0.5) is 5.69 Å². The first kappa shape index (κ1) is 18.0. The quantitative estimate of drug-likeness (QED) is 0.786. The number of nitrogens with one attached hydrogen (secondary N) is 2. The molecule has 1 heterocycles. The van der Waals surface area contributed by atoms with Gasteiger partial charge in [-0.3, -0.25) is 20.4 Å².